The Labute approximate surface area is 114 Å². The molecule has 19 heavy (non-hydrogen) atoms. The summed E-state index contributed by atoms with van der Waals surface area (Å²) in [6, 6.07) is 5.86. The van der Waals surface area contributed by atoms with Gasteiger partial charge < -0.3 is 10.2 Å². The average Bonchev–Trinajstić information content (AvgIpc) is 2.33. The number of benzene rings is 1. The first-order valence-corrected chi connectivity index (χ1v) is 6.17. The fourth-order valence-electron chi connectivity index (χ4n) is 1.69. The third-order valence-electron chi connectivity index (χ3n) is 2.80. The minimum Gasteiger partial charge on any atom is -0.330 e. The van der Waals surface area contributed by atoms with Gasteiger partial charge >= 0.3 is 0 Å². The molecule has 0 unspecified atom stereocenters. The second-order valence-electron chi connectivity index (χ2n) is 4.55. The van der Waals surface area contributed by atoms with E-state index in [1.54, 1.807) is 6.08 Å². The van der Waals surface area contributed by atoms with Crippen LogP contribution < -0.4 is 5.32 Å². The number of anilines is 1. The summed E-state index contributed by atoms with van der Waals surface area (Å²) in [4.78, 5) is 24.7. The van der Waals surface area contributed by atoms with Crippen LogP contribution in [-0.2, 0) is 9.59 Å². The Balaban J connectivity index is 2.71. The molecule has 1 aromatic carbocycles. The molecule has 0 aromatic heterocycles. The first kappa shape index (κ1) is 15.0. The molecule has 4 nitrogen and oxygen atoms in total. The van der Waals surface area contributed by atoms with Crippen molar-refractivity contribution in [2.75, 3.05) is 18.4 Å². The quantitative estimate of drug-likeness (QED) is 0.826. The fourth-order valence-corrected chi connectivity index (χ4v) is 1.69. The van der Waals surface area contributed by atoms with Crippen molar-refractivity contribution in [3.8, 4) is 0 Å². The molecular formula is C15H20N2O2. The van der Waals surface area contributed by atoms with Crippen molar-refractivity contribution in [1.29, 1.82) is 0 Å². The number of nitrogens with zero attached hydrogens (tertiary/aromatic N) is 1. The van der Waals surface area contributed by atoms with Crippen LogP contribution in [0.3, 0.4) is 0 Å². The van der Waals surface area contributed by atoms with Crippen molar-refractivity contribution < 1.29 is 9.59 Å². The number of aryl methyl sites for hydroxylation is 2. The van der Waals surface area contributed by atoms with Crippen molar-refractivity contribution in [1.82, 2.24) is 4.90 Å². The Bertz CT molecular complexity index is 495. The average molecular weight is 260 g/mol. The number of rotatable bonds is 5. The lowest BCUT2D eigenvalue weighted by molar-refractivity contribution is -0.132. The molecule has 1 N–H and O–H groups in total. The van der Waals surface area contributed by atoms with Crippen LogP contribution in [0.25, 0.3) is 0 Å². The summed E-state index contributed by atoms with van der Waals surface area (Å²) in [7, 11) is 0. The van der Waals surface area contributed by atoms with Crippen molar-refractivity contribution in [3.05, 3.63) is 42.0 Å². The van der Waals surface area contributed by atoms with Gasteiger partial charge in [-0.1, -0.05) is 18.2 Å². The standard InChI is InChI=1S/C15H20N2O2/c1-5-8-17(13(4)18)10-15(19)16-14-9-11(2)6-7-12(14)3/h5-7,9H,1,8,10H2,2-4H3,(H,16,19). The van der Waals surface area contributed by atoms with Gasteiger partial charge in [0.15, 0.2) is 0 Å². The van der Waals surface area contributed by atoms with Crippen LogP contribution >= 0.6 is 0 Å². The SMILES string of the molecule is C=CCN(CC(=O)Nc1cc(C)ccc1C)C(C)=O. The molecule has 102 valence electrons. The maximum atomic E-state index is 11.9. The minimum absolute atomic E-state index is 0.0364. The molecule has 0 radical (unpaired) electrons. The van der Waals surface area contributed by atoms with Crippen LogP contribution in [0.15, 0.2) is 30.9 Å². The molecule has 0 bridgehead atoms. The van der Waals surface area contributed by atoms with Crippen molar-refractivity contribution in [3.63, 3.8) is 0 Å². The van der Waals surface area contributed by atoms with E-state index in [1.807, 2.05) is 32.0 Å². The second kappa shape index (κ2) is 6.73. The van der Waals surface area contributed by atoms with Gasteiger partial charge in [-0.15, -0.1) is 6.58 Å². The third kappa shape index (κ3) is 4.58. The van der Waals surface area contributed by atoms with Crippen molar-refractivity contribution in [2.24, 2.45) is 0 Å². The van der Waals surface area contributed by atoms with Crippen LogP contribution in [0.1, 0.15) is 18.1 Å². The monoisotopic (exact) mass is 260 g/mol. The summed E-state index contributed by atoms with van der Waals surface area (Å²) in [5.74, 6) is -0.346. The van der Waals surface area contributed by atoms with Crippen LogP contribution in [0.4, 0.5) is 5.69 Å². The summed E-state index contributed by atoms with van der Waals surface area (Å²) < 4.78 is 0. The van der Waals surface area contributed by atoms with E-state index in [9.17, 15) is 9.59 Å². The highest BCUT2D eigenvalue weighted by atomic mass is 16.2. The number of hydrogen-bond acceptors (Lipinski definition) is 2. The fraction of sp³-hybridized carbons (Fsp3) is 0.333. The summed E-state index contributed by atoms with van der Waals surface area (Å²) in [6.07, 6.45) is 1.60. The lowest BCUT2D eigenvalue weighted by Gasteiger charge is -2.19. The second-order valence-corrected chi connectivity index (χ2v) is 4.55. The predicted molar refractivity (Wildman–Crippen MR) is 77.0 cm³/mol. The molecule has 0 saturated heterocycles. The van der Waals surface area contributed by atoms with Crippen LogP contribution in [0, 0.1) is 13.8 Å². The highest BCUT2D eigenvalue weighted by molar-refractivity contribution is 5.95. The number of amides is 2. The first-order valence-electron chi connectivity index (χ1n) is 6.17. The van der Waals surface area contributed by atoms with Crippen molar-refractivity contribution >= 4 is 17.5 Å². The van der Waals surface area contributed by atoms with E-state index >= 15 is 0 Å². The molecular weight excluding hydrogens is 240 g/mol. The molecule has 4 heteroatoms. The number of nitrogens with one attached hydrogen (secondary N) is 1. The molecule has 0 spiro atoms. The summed E-state index contributed by atoms with van der Waals surface area (Å²) in [5.41, 5.74) is 2.86. The van der Waals surface area contributed by atoms with E-state index in [-0.39, 0.29) is 18.4 Å². The maximum absolute atomic E-state index is 11.9. The van der Waals surface area contributed by atoms with Gasteiger partial charge in [-0.2, -0.15) is 0 Å². The molecule has 0 fully saturated rings. The van der Waals surface area contributed by atoms with E-state index in [1.165, 1.54) is 11.8 Å². The summed E-state index contributed by atoms with van der Waals surface area (Å²) in [6.45, 7) is 9.32. The molecule has 1 rings (SSSR count). The van der Waals surface area contributed by atoms with Gasteiger partial charge in [0.25, 0.3) is 0 Å². The predicted octanol–water partition coefficient (Wildman–Crippen LogP) is 2.28. The zero-order valence-electron chi connectivity index (χ0n) is 11.7. The summed E-state index contributed by atoms with van der Waals surface area (Å²) in [5, 5.41) is 2.83. The van der Waals surface area contributed by atoms with Gasteiger partial charge in [0, 0.05) is 19.2 Å². The van der Waals surface area contributed by atoms with E-state index in [0.717, 1.165) is 16.8 Å². The molecule has 0 aliphatic heterocycles. The Morgan fingerprint density at radius 1 is 1.37 bits per heavy atom. The van der Waals surface area contributed by atoms with Gasteiger partial charge in [-0.05, 0) is 31.0 Å². The largest absolute Gasteiger partial charge is 0.330 e. The van der Waals surface area contributed by atoms with E-state index in [0.29, 0.717) is 6.54 Å². The van der Waals surface area contributed by atoms with Crippen molar-refractivity contribution in [2.45, 2.75) is 20.8 Å². The molecule has 0 saturated carbocycles. The Morgan fingerprint density at radius 3 is 2.63 bits per heavy atom. The topological polar surface area (TPSA) is 49.4 Å². The molecule has 0 atom stereocenters. The normalized spacial score (nSPS) is 9.84. The number of carbonyl (C=O) groups is 2. The third-order valence-corrected chi connectivity index (χ3v) is 2.80. The Morgan fingerprint density at radius 2 is 2.05 bits per heavy atom. The van der Waals surface area contributed by atoms with Gasteiger partial charge in [0.05, 0.1) is 0 Å². The lowest BCUT2D eigenvalue weighted by atomic mass is 10.1. The molecule has 2 amide bonds. The first-order chi connectivity index (χ1) is 8.93. The lowest BCUT2D eigenvalue weighted by Crippen LogP contribution is -2.36. The molecule has 0 aliphatic rings. The Hall–Kier alpha value is -2.10. The summed E-state index contributed by atoms with van der Waals surface area (Å²) >= 11 is 0. The number of carbonyl (C=O) groups excluding carboxylic acids is 2. The van der Waals surface area contributed by atoms with E-state index in [4.69, 9.17) is 0 Å². The highest BCUT2D eigenvalue weighted by Crippen LogP contribution is 2.16. The van der Waals surface area contributed by atoms with Gasteiger partial charge in [0.1, 0.15) is 6.54 Å². The minimum atomic E-state index is -0.203. The zero-order valence-corrected chi connectivity index (χ0v) is 11.7. The zero-order chi connectivity index (χ0) is 14.4. The highest BCUT2D eigenvalue weighted by Gasteiger charge is 2.12. The molecule has 0 heterocycles. The van der Waals surface area contributed by atoms with Gasteiger partial charge in [-0.3, -0.25) is 9.59 Å². The molecule has 1 aromatic rings. The van der Waals surface area contributed by atoms with Gasteiger partial charge in [-0.25, -0.2) is 0 Å². The van der Waals surface area contributed by atoms with E-state index in [2.05, 4.69) is 11.9 Å². The van der Waals surface area contributed by atoms with Crippen LogP contribution in [-0.4, -0.2) is 29.8 Å². The van der Waals surface area contributed by atoms with Crippen LogP contribution in [0.2, 0.25) is 0 Å². The smallest absolute Gasteiger partial charge is 0.244 e. The molecule has 0 aliphatic carbocycles. The van der Waals surface area contributed by atoms with Gasteiger partial charge in [0.2, 0.25) is 11.8 Å². The van der Waals surface area contributed by atoms with E-state index < -0.39 is 0 Å². The Kier molecular flexibility index (Phi) is 5.30. The van der Waals surface area contributed by atoms with Crippen LogP contribution in [0.5, 0.6) is 0 Å². The maximum Gasteiger partial charge on any atom is 0.244 e. The number of hydrogen-bond donors (Lipinski definition) is 1.